The number of alkyl halides is 3. The van der Waals surface area contributed by atoms with Crippen molar-refractivity contribution in [1.82, 2.24) is 0 Å². The molecule has 0 heterocycles. The lowest BCUT2D eigenvalue weighted by molar-refractivity contribution is -0.175. The molecule has 0 saturated heterocycles. The molecular formula is C11H14F3NO3. The van der Waals surface area contributed by atoms with Crippen LogP contribution in [-0.2, 0) is 4.74 Å². The zero-order chi connectivity index (χ0) is 13.6. The summed E-state index contributed by atoms with van der Waals surface area (Å²) >= 11 is 0. The first kappa shape index (κ1) is 14.4. The van der Waals surface area contributed by atoms with E-state index in [0.29, 0.717) is 17.2 Å². The van der Waals surface area contributed by atoms with Gasteiger partial charge in [-0.25, -0.2) is 0 Å². The lowest BCUT2D eigenvalue weighted by Gasteiger charge is -2.10. The van der Waals surface area contributed by atoms with Gasteiger partial charge < -0.3 is 19.9 Å². The Kier molecular flexibility index (Phi) is 5.08. The van der Waals surface area contributed by atoms with Gasteiger partial charge in [0, 0.05) is 6.07 Å². The minimum Gasteiger partial charge on any atom is -0.495 e. The molecule has 0 fully saturated rings. The maximum atomic E-state index is 11.7. The Bertz CT molecular complexity index is 382. The number of nitrogens with two attached hydrogens (primary N) is 1. The molecule has 1 rings (SSSR count). The van der Waals surface area contributed by atoms with Crippen LogP contribution in [0.15, 0.2) is 18.2 Å². The molecule has 0 amide bonds. The van der Waals surface area contributed by atoms with E-state index in [0.717, 1.165) is 0 Å². The SMILES string of the molecule is COc1ccc(OCCOCC(F)(F)F)cc1N. The van der Waals surface area contributed by atoms with Crippen LogP contribution in [0.3, 0.4) is 0 Å². The molecule has 1 aromatic carbocycles. The summed E-state index contributed by atoms with van der Waals surface area (Å²) in [6.07, 6.45) is -4.31. The van der Waals surface area contributed by atoms with Crippen LogP contribution in [0.25, 0.3) is 0 Å². The van der Waals surface area contributed by atoms with Crippen molar-refractivity contribution in [2.75, 3.05) is 32.7 Å². The quantitative estimate of drug-likeness (QED) is 0.633. The molecule has 0 aliphatic rings. The van der Waals surface area contributed by atoms with Crippen LogP contribution >= 0.6 is 0 Å². The lowest BCUT2D eigenvalue weighted by atomic mass is 10.3. The summed E-state index contributed by atoms with van der Waals surface area (Å²) in [5, 5.41) is 0. The molecular weight excluding hydrogens is 251 g/mol. The largest absolute Gasteiger partial charge is 0.495 e. The van der Waals surface area contributed by atoms with E-state index >= 15 is 0 Å². The first-order valence-corrected chi connectivity index (χ1v) is 5.13. The van der Waals surface area contributed by atoms with Crippen molar-refractivity contribution < 1.29 is 27.4 Å². The molecule has 1 aromatic rings. The van der Waals surface area contributed by atoms with Gasteiger partial charge in [-0.05, 0) is 12.1 Å². The summed E-state index contributed by atoms with van der Waals surface area (Å²) in [4.78, 5) is 0. The number of ether oxygens (including phenoxy) is 3. The second-order valence-electron chi connectivity index (χ2n) is 3.42. The molecule has 0 spiro atoms. The monoisotopic (exact) mass is 265 g/mol. The van der Waals surface area contributed by atoms with E-state index in [1.165, 1.54) is 13.2 Å². The highest BCUT2D eigenvalue weighted by Crippen LogP contribution is 2.25. The summed E-state index contributed by atoms with van der Waals surface area (Å²) in [6, 6.07) is 4.75. The highest BCUT2D eigenvalue weighted by molar-refractivity contribution is 5.56. The van der Waals surface area contributed by atoms with Gasteiger partial charge in [0.2, 0.25) is 0 Å². The average molecular weight is 265 g/mol. The third-order valence-electron chi connectivity index (χ3n) is 1.96. The normalized spacial score (nSPS) is 11.3. The molecule has 0 unspecified atom stereocenters. The standard InChI is InChI=1S/C11H14F3NO3/c1-16-10-3-2-8(6-9(10)15)18-5-4-17-7-11(12,13)14/h2-3,6H,4-5,7,15H2,1H3. The van der Waals surface area contributed by atoms with Crippen LogP contribution < -0.4 is 15.2 Å². The Morgan fingerprint density at radius 3 is 2.50 bits per heavy atom. The zero-order valence-electron chi connectivity index (χ0n) is 9.79. The van der Waals surface area contributed by atoms with E-state index in [2.05, 4.69) is 4.74 Å². The van der Waals surface area contributed by atoms with Crippen molar-refractivity contribution in [3.8, 4) is 11.5 Å². The number of hydrogen-bond donors (Lipinski definition) is 1. The van der Waals surface area contributed by atoms with Gasteiger partial charge in [-0.2, -0.15) is 13.2 Å². The van der Waals surface area contributed by atoms with Gasteiger partial charge in [0.1, 0.15) is 24.7 Å². The summed E-state index contributed by atoms with van der Waals surface area (Å²) in [6.45, 7) is -1.41. The molecule has 0 aliphatic carbocycles. The number of nitrogen functional groups attached to an aromatic ring is 1. The molecule has 0 radical (unpaired) electrons. The summed E-state index contributed by atoms with van der Waals surface area (Å²) in [7, 11) is 1.48. The van der Waals surface area contributed by atoms with E-state index in [4.69, 9.17) is 15.2 Å². The minimum atomic E-state index is -4.31. The van der Waals surface area contributed by atoms with Crippen LogP contribution in [0.4, 0.5) is 18.9 Å². The molecule has 0 aliphatic heterocycles. The van der Waals surface area contributed by atoms with Crippen molar-refractivity contribution in [1.29, 1.82) is 0 Å². The first-order valence-electron chi connectivity index (χ1n) is 5.13. The Labute approximate surface area is 102 Å². The fourth-order valence-electron chi connectivity index (χ4n) is 1.21. The van der Waals surface area contributed by atoms with E-state index in [9.17, 15) is 13.2 Å². The molecule has 7 heteroatoms. The van der Waals surface area contributed by atoms with E-state index in [1.54, 1.807) is 12.1 Å². The van der Waals surface area contributed by atoms with Crippen molar-refractivity contribution >= 4 is 5.69 Å². The third kappa shape index (κ3) is 5.13. The number of benzene rings is 1. The maximum absolute atomic E-state index is 11.7. The van der Waals surface area contributed by atoms with Gasteiger partial charge >= 0.3 is 6.18 Å². The fourth-order valence-corrected chi connectivity index (χ4v) is 1.21. The molecule has 2 N–H and O–H groups in total. The number of halogens is 3. The first-order chi connectivity index (χ1) is 8.42. The predicted molar refractivity (Wildman–Crippen MR) is 59.8 cm³/mol. The lowest BCUT2D eigenvalue weighted by Crippen LogP contribution is -2.19. The Morgan fingerprint density at radius 2 is 1.94 bits per heavy atom. The Balaban J connectivity index is 2.29. The summed E-state index contributed by atoms with van der Waals surface area (Å²) < 4.78 is 49.8. The van der Waals surface area contributed by atoms with E-state index in [1.807, 2.05) is 0 Å². The number of anilines is 1. The van der Waals surface area contributed by atoms with Crippen molar-refractivity contribution in [2.45, 2.75) is 6.18 Å². The van der Waals surface area contributed by atoms with Gasteiger partial charge in [-0.3, -0.25) is 0 Å². The molecule has 0 bridgehead atoms. The van der Waals surface area contributed by atoms with Gasteiger partial charge in [0.25, 0.3) is 0 Å². The summed E-state index contributed by atoms with van der Waals surface area (Å²) in [5.41, 5.74) is 6.03. The summed E-state index contributed by atoms with van der Waals surface area (Å²) in [5.74, 6) is 0.958. The Hall–Kier alpha value is -1.63. The van der Waals surface area contributed by atoms with Crippen LogP contribution in [0, 0.1) is 0 Å². The van der Waals surface area contributed by atoms with Crippen LogP contribution in [-0.4, -0.2) is 33.1 Å². The van der Waals surface area contributed by atoms with Crippen molar-refractivity contribution in [3.05, 3.63) is 18.2 Å². The van der Waals surface area contributed by atoms with Crippen LogP contribution in [0.5, 0.6) is 11.5 Å². The number of hydrogen-bond acceptors (Lipinski definition) is 4. The van der Waals surface area contributed by atoms with Crippen LogP contribution in [0.2, 0.25) is 0 Å². The minimum absolute atomic E-state index is 0.0157. The van der Waals surface area contributed by atoms with Gasteiger partial charge in [0.05, 0.1) is 19.4 Å². The molecule has 0 aromatic heterocycles. The molecule has 0 atom stereocenters. The van der Waals surface area contributed by atoms with E-state index < -0.39 is 12.8 Å². The zero-order valence-corrected chi connectivity index (χ0v) is 9.79. The topological polar surface area (TPSA) is 53.7 Å². The Morgan fingerprint density at radius 1 is 1.22 bits per heavy atom. The van der Waals surface area contributed by atoms with Crippen LogP contribution in [0.1, 0.15) is 0 Å². The smallest absolute Gasteiger partial charge is 0.411 e. The number of rotatable bonds is 6. The van der Waals surface area contributed by atoms with Gasteiger partial charge in [0.15, 0.2) is 0 Å². The second kappa shape index (κ2) is 6.34. The molecule has 102 valence electrons. The third-order valence-corrected chi connectivity index (χ3v) is 1.96. The maximum Gasteiger partial charge on any atom is 0.411 e. The second-order valence-corrected chi connectivity index (χ2v) is 3.42. The fraction of sp³-hybridized carbons (Fsp3) is 0.455. The van der Waals surface area contributed by atoms with Crippen molar-refractivity contribution in [3.63, 3.8) is 0 Å². The predicted octanol–water partition coefficient (Wildman–Crippen LogP) is 2.24. The molecule has 4 nitrogen and oxygen atoms in total. The van der Waals surface area contributed by atoms with Gasteiger partial charge in [-0.1, -0.05) is 0 Å². The highest BCUT2D eigenvalue weighted by Gasteiger charge is 2.27. The van der Waals surface area contributed by atoms with E-state index in [-0.39, 0.29) is 13.2 Å². The highest BCUT2D eigenvalue weighted by atomic mass is 19.4. The number of methoxy groups -OCH3 is 1. The van der Waals surface area contributed by atoms with Crippen molar-refractivity contribution in [2.24, 2.45) is 0 Å². The average Bonchev–Trinajstić information content (AvgIpc) is 2.27. The van der Waals surface area contributed by atoms with Gasteiger partial charge in [-0.15, -0.1) is 0 Å². The molecule has 0 saturated carbocycles. The molecule has 18 heavy (non-hydrogen) atoms.